The summed E-state index contributed by atoms with van der Waals surface area (Å²) in [6, 6.07) is 17.8. The van der Waals surface area contributed by atoms with Crippen molar-refractivity contribution in [2.45, 2.75) is 6.42 Å². The van der Waals surface area contributed by atoms with Gasteiger partial charge in [-0.2, -0.15) is 5.10 Å². The molecule has 1 aliphatic heterocycles. The summed E-state index contributed by atoms with van der Waals surface area (Å²) in [5.74, 6) is 0.569. The van der Waals surface area contributed by atoms with Gasteiger partial charge in [0.15, 0.2) is 0 Å². The van der Waals surface area contributed by atoms with Crippen LogP contribution in [0.3, 0.4) is 0 Å². The second kappa shape index (κ2) is 7.53. The van der Waals surface area contributed by atoms with E-state index in [1.807, 2.05) is 24.3 Å². The lowest BCUT2D eigenvalue weighted by Gasteiger charge is -2.19. The molecule has 0 saturated heterocycles. The first-order valence-electron chi connectivity index (χ1n) is 9.06. The van der Waals surface area contributed by atoms with Gasteiger partial charge in [-0.3, -0.25) is 9.89 Å². The van der Waals surface area contributed by atoms with E-state index in [2.05, 4.69) is 44.7 Å². The monoisotopic (exact) mass is 362 g/mol. The number of methoxy groups -OCH3 is 1. The summed E-state index contributed by atoms with van der Waals surface area (Å²) in [7, 11) is 1.62. The highest BCUT2D eigenvalue weighted by Gasteiger charge is 2.18. The van der Waals surface area contributed by atoms with Crippen molar-refractivity contribution in [1.29, 1.82) is 0 Å². The number of aromatic nitrogens is 2. The van der Waals surface area contributed by atoms with Crippen molar-refractivity contribution in [2.24, 2.45) is 0 Å². The third-order valence-electron chi connectivity index (χ3n) is 4.86. The first kappa shape index (κ1) is 17.1. The van der Waals surface area contributed by atoms with Crippen molar-refractivity contribution in [3.8, 4) is 17.0 Å². The number of rotatable bonds is 6. The molecular formula is C21H22N4O2. The van der Waals surface area contributed by atoms with E-state index in [9.17, 15) is 4.79 Å². The molecule has 3 aromatic rings. The van der Waals surface area contributed by atoms with Gasteiger partial charge >= 0.3 is 0 Å². The summed E-state index contributed by atoms with van der Waals surface area (Å²) in [5, 5.41) is 10.0. The molecular weight excluding hydrogens is 340 g/mol. The van der Waals surface area contributed by atoms with E-state index in [1.54, 1.807) is 13.2 Å². The zero-order valence-corrected chi connectivity index (χ0v) is 15.2. The molecule has 2 heterocycles. The number of carbonyl (C=O) groups is 1. The highest BCUT2D eigenvalue weighted by molar-refractivity contribution is 5.93. The van der Waals surface area contributed by atoms with E-state index >= 15 is 0 Å². The molecule has 1 amide bonds. The SMILES string of the molecule is COc1ccccc1-c1cc(C(=O)NCCN2CCc3ccccc32)[nH]n1. The highest BCUT2D eigenvalue weighted by Crippen LogP contribution is 2.28. The quantitative estimate of drug-likeness (QED) is 0.707. The molecule has 4 rings (SSSR count). The van der Waals surface area contributed by atoms with Crippen molar-refractivity contribution in [3.05, 3.63) is 65.9 Å². The number of hydrogen-bond donors (Lipinski definition) is 2. The first-order valence-corrected chi connectivity index (χ1v) is 9.06. The van der Waals surface area contributed by atoms with Crippen LogP contribution in [-0.2, 0) is 6.42 Å². The van der Waals surface area contributed by atoms with Crippen molar-refractivity contribution in [1.82, 2.24) is 15.5 Å². The molecule has 2 N–H and O–H groups in total. The molecule has 6 heteroatoms. The van der Waals surface area contributed by atoms with Crippen LogP contribution in [0.15, 0.2) is 54.6 Å². The largest absolute Gasteiger partial charge is 0.496 e. The van der Waals surface area contributed by atoms with Crippen molar-refractivity contribution in [3.63, 3.8) is 0 Å². The Bertz CT molecular complexity index is 951. The fourth-order valence-corrected chi connectivity index (χ4v) is 3.47. The Morgan fingerprint density at radius 3 is 2.93 bits per heavy atom. The Morgan fingerprint density at radius 2 is 2.04 bits per heavy atom. The molecule has 27 heavy (non-hydrogen) atoms. The van der Waals surface area contributed by atoms with Crippen LogP contribution in [0.25, 0.3) is 11.3 Å². The zero-order chi connectivity index (χ0) is 18.6. The van der Waals surface area contributed by atoms with Gasteiger partial charge in [-0.25, -0.2) is 0 Å². The molecule has 0 radical (unpaired) electrons. The maximum absolute atomic E-state index is 12.4. The van der Waals surface area contributed by atoms with Crippen molar-refractivity contribution in [2.75, 3.05) is 31.6 Å². The van der Waals surface area contributed by atoms with Gasteiger partial charge in [0.25, 0.3) is 5.91 Å². The summed E-state index contributed by atoms with van der Waals surface area (Å²) >= 11 is 0. The molecule has 0 spiro atoms. The number of para-hydroxylation sites is 2. The average Bonchev–Trinajstić information content (AvgIpc) is 3.36. The first-order chi connectivity index (χ1) is 13.3. The van der Waals surface area contributed by atoms with Gasteiger partial charge in [0, 0.05) is 30.9 Å². The third-order valence-corrected chi connectivity index (χ3v) is 4.86. The predicted octanol–water partition coefficient (Wildman–Crippen LogP) is 2.88. The summed E-state index contributed by atoms with van der Waals surface area (Å²) < 4.78 is 5.36. The van der Waals surface area contributed by atoms with E-state index in [1.165, 1.54) is 11.3 Å². The number of carbonyl (C=O) groups excluding carboxylic acids is 1. The van der Waals surface area contributed by atoms with Crippen LogP contribution in [0.4, 0.5) is 5.69 Å². The normalized spacial score (nSPS) is 12.7. The van der Waals surface area contributed by atoms with E-state index in [0.717, 1.165) is 30.8 Å². The smallest absolute Gasteiger partial charge is 0.269 e. The molecule has 138 valence electrons. The van der Waals surface area contributed by atoms with Gasteiger partial charge in [0.2, 0.25) is 0 Å². The molecule has 1 aliphatic rings. The number of anilines is 1. The minimum Gasteiger partial charge on any atom is -0.496 e. The molecule has 6 nitrogen and oxygen atoms in total. The minimum atomic E-state index is -0.156. The molecule has 2 aromatic carbocycles. The Labute approximate surface area is 158 Å². The number of ether oxygens (including phenoxy) is 1. The molecule has 0 fully saturated rings. The molecule has 0 atom stereocenters. The second-order valence-electron chi connectivity index (χ2n) is 6.49. The Balaban J connectivity index is 1.37. The Morgan fingerprint density at radius 1 is 1.22 bits per heavy atom. The standard InChI is InChI=1S/C21H22N4O2/c1-27-20-9-5-3-7-16(20)17-14-18(24-23-17)21(26)22-11-13-25-12-10-15-6-2-4-8-19(15)25/h2-9,14H,10-13H2,1H3,(H,22,26)(H,23,24). The fraction of sp³-hybridized carbons (Fsp3) is 0.238. The number of nitrogens with one attached hydrogen (secondary N) is 2. The van der Waals surface area contributed by atoms with Crippen LogP contribution >= 0.6 is 0 Å². The van der Waals surface area contributed by atoms with Crippen LogP contribution in [0.5, 0.6) is 5.75 Å². The van der Waals surface area contributed by atoms with Gasteiger partial charge in [0.1, 0.15) is 11.4 Å². The summed E-state index contributed by atoms with van der Waals surface area (Å²) in [6.45, 7) is 2.36. The predicted molar refractivity (Wildman–Crippen MR) is 105 cm³/mol. The average molecular weight is 362 g/mol. The number of aromatic amines is 1. The van der Waals surface area contributed by atoms with Crippen LogP contribution in [0, 0.1) is 0 Å². The lowest BCUT2D eigenvalue weighted by Crippen LogP contribution is -2.34. The maximum Gasteiger partial charge on any atom is 0.269 e. The molecule has 0 aliphatic carbocycles. The van der Waals surface area contributed by atoms with E-state index < -0.39 is 0 Å². The number of hydrogen-bond acceptors (Lipinski definition) is 4. The number of H-pyrrole nitrogens is 1. The van der Waals surface area contributed by atoms with Gasteiger partial charge in [-0.15, -0.1) is 0 Å². The fourth-order valence-electron chi connectivity index (χ4n) is 3.47. The third kappa shape index (κ3) is 3.51. The summed E-state index contributed by atoms with van der Waals surface area (Å²) in [5.41, 5.74) is 4.62. The molecule has 1 aromatic heterocycles. The van der Waals surface area contributed by atoms with Crippen LogP contribution in [0.1, 0.15) is 16.1 Å². The van der Waals surface area contributed by atoms with E-state index in [0.29, 0.717) is 17.9 Å². The molecule has 0 saturated carbocycles. The number of benzene rings is 2. The van der Waals surface area contributed by atoms with Crippen LogP contribution < -0.4 is 15.0 Å². The van der Waals surface area contributed by atoms with Gasteiger partial charge in [-0.05, 0) is 36.2 Å². The molecule has 0 bridgehead atoms. The van der Waals surface area contributed by atoms with Crippen LogP contribution in [0.2, 0.25) is 0 Å². The second-order valence-corrected chi connectivity index (χ2v) is 6.49. The zero-order valence-electron chi connectivity index (χ0n) is 15.2. The molecule has 0 unspecified atom stereocenters. The Kier molecular flexibility index (Phi) is 4.78. The number of fused-ring (bicyclic) bond motifs is 1. The lowest BCUT2D eigenvalue weighted by atomic mass is 10.1. The minimum absolute atomic E-state index is 0.156. The van der Waals surface area contributed by atoms with Crippen molar-refractivity contribution < 1.29 is 9.53 Å². The van der Waals surface area contributed by atoms with E-state index in [-0.39, 0.29) is 5.91 Å². The maximum atomic E-state index is 12.4. The van der Waals surface area contributed by atoms with Crippen molar-refractivity contribution >= 4 is 11.6 Å². The Hall–Kier alpha value is -3.28. The lowest BCUT2D eigenvalue weighted by molar-refractivity contribution is 0.0949. The highest BCUT2D eigenvalue weighted by atomic mass is 16.5. The number of nitrogens with zero attached hydrogens (tertiary/aromatic N) is 2. The summed E-state index contributed by atoms with van der Waals surface area (Å²) in [4.78, 5) is 14.7. The van der Waals surface area contributed by atoms with Gasteiger partial charge in [0.05, 0.1) is 12.8 Å². The van der Waals surface area contributed by atoms with Crippen LogP contribution in [-0.4, -0.2) is 42.8 Å². The van der Waals surface area contributed by atoms with Gasteiger partial charge < -0.3 is 15.0 Å². The number of amides is 1. The van der Waals surface area contributed by atoms with Gasteiger partial charge in [-0.1, -0.05) is 30.3 Å². The summed E-state index contributed by atoms with van der Waals surface area (Å²) in [6.07, 6.45) is 1.06. The van der Waals surface area contributed by atoms with E-state index in [4.69, 9.17) is 4.74 Å². The topological polar surface area (TPSA) is 70.2 Å².